The average molecular weight is 255 g/mol. The predicted molar refractivity (Wildman–Crippen MR) is 60.9 cm³/mol. The van der Waals surface area contributed by atoms with Gasteiger partial charge in [0.1, 0.15) is 5.15 Å². The summed E-state index contributed by atoms with van der Waals surface area (Å²) in [6, 6.07) is 3.06. The Morgan fingerprint density at radius 3 is 2.88 bits per heavy atom. The van der Waals surface area contributed by atoms with Gasteiger partial charge < -0.3 is 10.0 Å². The van der Waals surface area contributed by atoms with Crippen molar-refractivity contribution in [3.8, 4) is 0 Å². The zero-order valence-electron chi connectivity index (χ0n) is 8.97. The van der Waals surface area contributed by atoms with Gasteiger partial charge in [-0.05, 0) is 18.6 Å². The van der Waals surface area contributed by atoms with E-state index in [0.717, 1.165) is 0 Å². The number of aromatic nitrogens is 1. The van der Waals surface area contributed by atoms with Gasteiger partial charge in [0.15, 0.2) is 0 Å². The van der Waals surface area contributed by atoms with Crippen LogP contribution in [-0.2, 0) is 4.79 Å². The fourth-order valence-corrected chi connectivity index (χ4v) is 2.04. The van der Waals surface area contributed by atoms with Gasteiger partial charge in [-0.1, -0.05) is 11.6 Å². The van der Waals surface area contributed by atoms with E-state index in [4.69, 9.17) is 16.7 Å². The second kappa shape index (κ2) is 4.71. The van der Waals surface area contributed by atoms with Gasteiger partial charge in [0.25, 0.3) is 5.91 Å². The monoisotopic (exact) mass is 254 g/mol. The van der Waals surface area contributed by atoms with Crippen molar-refractivity contribution in [1.29, 1.82) is 0 Å². The fraction of sp³-hybridized carbons (Fsp3) is 0.364. The SMILES string of the molecule is O=C(O)[C@H]1CCN(C(=O)c2ccnc(Cl)c2)C1. The van der Waals surface area contributed by atoms with Crippen LogP contribution in [0.15, 0.2) is 18.3 Å². The Kier molecular flexibility index (Phi) is 3.28. The van der Waals surface area contributed by atoms with Gasteiger partial charge in [-0.3, -0.25) is 9.59 Å². The molecule has 2 rings (SSSR count). The highest BCUT2D eigenvalue weighted by Crippen LogP contribution is 2.19. The molecule has 1 aliphatic rings. The van der Waals surface area contributed by atoms with Crippen LogP contribution in [-0.4, -0.2) is 40.0 Å². The normalized spacial score (nSPS) is 19.4. The third-order valence-corrected chi connectivity index (χ3v) is 3.00. The minimum Gasteiger partial charge on any atom is -0.481 e. The zero-order chi connectivity index (χ0) is 12.4. The van der Waals surface area contributed by atoms with E-state index in [1.807, 2.05) is 0 Å². The van der Waals surface area contributed by atoms with Gasteiger partial charge >= 0.3 is 5.97 Å². The molecule has 0 aliphatic carbocycles. The fourth-order valence-electron chi connectivity index (χ4n) is 1.86. The molecule has 5 nitrogen and oxygen atoms in total. The van der Waals surface area contributed by atoms with Gasteiger partial charge in [-0.2, -0.15) is 0 Å². The first kappa shape index (κ1) is 11.9. The van der Waals surface area contributed by atoms with Crippen molar-refractivity contribution in [2.24, 2.45) is 5.92 Å². The van der Waals surface area contributed by atoms with Crippen LogP contribution in [0.25, 0.3) is 0 Å². The van der Waals surface area contributed by atoms with E-state index >= 15 is 0 Å². The first-order valence-electron chi connectivity index (χ1n) is 5.21. The number of hydrogen-bond acceptors (Lipinski definition) is 3. The molecule has 1 aromatic heterocycles. The second-order valence-corrected chi connectivity index (χ2v) is 4.33. The third-order valence-electron chi connectivity index (χ3n) is 2.80. The number of pyridine rings is 1. The highest BCUT2D eigenvalue weighted by atomic mass is 35.5. The molecule has 1 N–H and O–H groups in total. The first-order valence-corrected chi connectivity index (χ1v) is 5.59. The van der Waals surface area contributed by atoms with E-state index in [0.29, 0.717) is 18.5 Å². The molecule has 1 aliphatic heterocycles. The molecule has 0 saturated carbocycles. The Labute approximate surface area is 103 Å². The van der Waals surface area contributed by atoms with Gasteiger partial charge in [0.2, 0.25) is 0 Å². The Morgan fingerprint density at radius 2 is 2.29 bits per heavy atom. The molecule has 1 amide bonds. The number of carbonyl (C=O) groups is 2. The Bertz CT molecular complexity index is 464. The standard InChI is InChI=1S/C11H11ClN2O3/c12-9-5-7(1-3-13-9)10(15)14-4-2-8(6-14)11(16)17/h1,3,5,8H,2,4,6H2,(H,16,17)/t8-/m0/s1. The van der Waals surface area contributed by atoms with Crippen molar-refractivity contribution < 1.29 is 14.7 Å². The number of likely N-dealkylation sites (tertiary alicyclic amines) is 1. The van der Waals surface area contributed by atoms with Crippen molar-refractivity contribution in [2.45, 2.75) is 6.42 Å². The molecular formula is C11H11ClN2O3. The van der Waals surface area contributed by atoms with Crippen LogP contribution >= 0.6 is 11.6 Å². The summed E-state index contributed by atoms with van der Waals surface area (Å²) in [4.78, 5) is 28.1. The number of nitrogens with zero attached hydrogens (tertiary/aromatic N) is 2. The summed E-state index contributed by atoms with van der Waals surface area (Å²) in [7, 11) is 0. The van der Waals surface area contributed by atoms with Gasteiger partial charge in [-0.15, -0.1) is 0 Å². The minimum atomic E-state index is -0.854. The molecule has 1 fully saturated rings. The summed E-state index contributed by atoms with van der Waals surface area (Å²) >= 11 is 5.70. The van der Waals surface area contributed by atoms with E-state index < -0.39 is 11.9 Å². The van der Waals surface area contributed by atoms with E-state index in [1.165, 1.54) is 17.2 Å². The number of aliphatic carboxylic acids is 1. The summed E-state index contributed by atoms with van der Waals surface area (Å²) in [5.41, 5.74) is 0.441. The molecule has 0 bridgehead atoms. The number of carboxylic acid groups (broad SMARTS) is 1. The Morgan fingerprint density at radius 1 is 1.53 bits per heavy atom. The Balaban J connectivity index is 2.09. The number of hydrogen-bond donors (Lipinski definition) is 1. The lowest BCUT2D eigenvalue weighted by Gasteiger charge is -2.15. The lowest BCUT2D eigenvalue weighted by Crippen LogP contribution is -2.29. The quantitative estimate of drug-likeness (QED) is 0.807. The molecule has 2 heterocycles. The topological polar surface area (TPSA) is 70.5 Å². The third kappa shape index (κ3) is 2.55. The van der Waals surface area contributed by atoms with Crippen molar-refractivity contribution in [3.63, 3.8) is 0 Å². The van der Waals surface area contributed by atoms with E-state index in [1.54, 1.807) is 6.07 Å². The van der Waals surface area contributed by atoms with Crippen molar-refractivity contribution in [3.05, 3.63) is 29.0 Å². The highest BCUT2D eigenvalue weighted by Gasteiger charge is 2.31. The smallest absolute Gasteiger partial charge is 0.308 e. The summed E-state index contributed by atoms with van der Waals surface area (Å²) in [5.74, 6) is -1.51. The highest BCUT2D eigenvalue weighted by molar-refractivity contribution is 6.29. The second-order valence-electron chi connectivity index (χ2n) is 3.94. The number of carbonyl (C=O) groups excluding carboxylic acids is 1. The lowest BCUT2D eigenvalue weighted by atomic mass is 10.1. The molecule has 1 saturated heterocycles. The van der Waals surface area contributed by atoms with Crippen LogP contribution in [0, 0.1) is 5.92 Å². The molecule has 17 heavy (non-hydrogen) atoms. The molecule has 0 radical (unpaired) electrons. The molecule has 1 atom stereocenters. The van der Waals surface area contributed by atoms with Gasteiger partial charge in [0, 0.05) is 24.8 Å². The molecule has 6 heteroatoms. The number of halogens is 1. The average Bonchev–Trinajstić information content (AvgIpc) is 2.77. The van der Waals surface area contributed by atoms with E-state index in [2.05, 4.69) is 4.98 Å². The largest absolute Gasteiger partial charge is 0.481 e. The molecule has 0 spiro atoms. The minimum absolute atomic E-state index is 0.196. The number of rotatable bonds is 2. The predicted octanol–water partition coefficient (Wildman–Crippen LogP) is 1.28. The van der Waals surface area contributed by atoms with Crippen molar-refractivity contribution >= 4 is 23.5 Å². The van der Waals surface area contributed by atoms with Crippen LogP contribution < -0.4 is 0 Å². The summed E-state index contributed by atoms with van der Waals surface area (Å²) in [5, 5.41) is 9.11. The van der Waals surface area contributed by atoms with E-state index in [9.17, 15) is 9.59 Å². The summed E-state index contributed by atoms with van der Waals surface area (Å²) < 4.78 is 0. The van der Waals surface area contributed by atoms with E-state index in [-0.39, 0.29) is 17.6 Å². The van der Waals surface area contributed by atoms with Crippen LogP contribution in [0.5, 0.6) is 0 Å². The zero-order valence-corrected chi connectivity index (χ0v) is 9.72. The maximum absolute atomic E-state index is 12.0. The van der Waals surface area contributed by atoms with Crippen LogP contribution in [0.3, 0.4) is 0 Å². The van der Waals surface area contributed by atoms with Crippen molar-refractivity contribution in [2.75, 3.05) is 13.1 Å². The van der Waals surface area contributed by atoms with Crippen LogP contribution in [0.4, 0.5) is 0 Å². The lowest BCUT2D eigenvalue weighted by molar-refractivity contribution is -0.141. The summed E-state index contributed by atoms with van der Waals surface area (Å²) in [6.45, 7) is 0.726. The molecule has 90 valence electrons. The van der Waals surface area contributed by atoms with Crippen LogP contribution in [0.1, 0.15) is 16.8 Å². The maximum atomic E-state index is 12.0. The molecule has 1 aromatic rings. The molecular weight excluding hydrogens is 244 g/mol. The van der Waals surface area contributed by atoms with Crippen molar-refractivity contribution in [1.82, 2.24) is 9.88 Å². The first-order chi connectivity index (χ1) is 8.08. The Hall–Kier alpha value is -1.62. The number of carboxylic acids is 1. The summed E-state index contributed by atoms with van der Waals surface area (Å²) in [6.07, 6.45) is 1.96. The van der Waals surface area contributed by atoms with Gasteiger partial charge in [0.05, 0.1) is 5.92 Å². The van der Waals surface area contributed by atoms with Crippen LogP contribution in [0.2, 0.25) is 5.15 Å². The molecule has 0 aromatic carbocycles. The van der Waals surface area contributed by atoms with Gasteiger partial charge in [-0.25, -0.2) is 4.98 Å². The molecule has 0 unspecified atom stereocenters. The number of amides is 1. The maximum Gasteiger partial charge on any atom is 0.308 e.